The Morgan fingerprint density at radius 2 is 1.31 bits per heavy atom. The number of fused-ring (bicyclic) bond motifs is 1. The summed E-state index contributed by atoms with van der Waals surface area (Å²) in [5, 5.41) is 1.52. The van der Waals surface area contributed by atoms with Crippen LogP contribution in [0.2, 0.25) is 0 Å². The maximum atomic E-state index is 11.7. The van der Waals surface area contributed by atoms with Gasteiger partial charge in [0.25, 0.3) is 0 Å². The molecule has 0 fully saturated rings. The van der Waals surface area contributed by atoms with Gasteiger partial charge in [-0.1, -0.05) is 89.5 Å². The zero-order valence-electron chi connectivity index (χ0n) is 18.5. The van der Waals surface area contributed by atoms with Gasteiger partial charge < -0.3 is 4.55 Å². The average Bonchev–Trinajstić information content (AvgIpc) is 2.66. The van der Waals surface area contributed by atoms with E-state index in [2.05, 4.69) is 19.9 Å². The standard InChI is InChI=1S/C24H36O3S.K/c1-3-5-7-9-11-13-20-15-17-22-23(19-20)21(14-12-10-8-6-4-2)16-18-24(22)28(25,26)27;/h15-19H,3-14H2,1-2H3,(H,25,26,27);/q;+1/p-1. The average molecular weight is 443 g/mol. The third-order valence-corrected chi connectivity index (χ3v) is 6.41. The third kappa shape index (κ3) is 9.10. The summed E-state index contributed by atoms with van der Waals surface area (Å²) in [5.74, 6) is 0. The van der Waals surface area contributed by atoms with Crippen LogP contribution in [0, 0.1) is 0 Å². The van der Waals surface area contributed by atoms with Crippen molar-refractivity contribution in [3.63, 3.8) is 0 Å². The molecule has 0 atom stereocenters. The number of hydrogen-bond donors (Lipinski definition) is 0. The van der Waals surface area contributed by atoms with E-state index in [1.165, 1.54) is 63.0 Å². The monoisotopic (exact) mass is 442 g/mol. The summed E-state index contributed by atoms with van der Waals surface area (Å²) in [6.45, 7) is 4.42. The SMILES string of the molecule is CCCCCCCc1ccc2c(S(=O)(=O)[O-])ccc(CCCCCCC)c2c1.[K+]. The van der Waals surface area contributed by atoms with E-state index in [0.717, 1.165) is 36.6 Å². The molecule has 0 aliphatic carbocycles. The second-order valence-corrected chi connectivity index (χ2v) is 9.23. The Morgan fingerprint density at radius 1 is 0.724 bits per heavy atom. The van der Waals surface area contributed by atoms with E-state index in [0.29, 0.717) is 5.39 Å². The number of rotatable bonds is 13. The number of aryl methyl sites for hydroxylation is 2. The molecule has 0 N–H and O–H groups in total. The molecule has 29 heavy (non-hydrogen) atoms. The van der Waals surface area contributed by atoms with Crippen molar-refractivity contribution >= 4 is 20.9 Å². The maximum Gasteiger partial charge on any atom is 1.00 e. The van der Waals surface area contributed by atoms with Crippen LogP contribution in [-0.2, 0) is 23.0 Å². The number of benzene rings is 2. The van der Waals surface area contributed by atoms with Crippen LogP contribution in [0.4, 0.5) is 0 Å². The van der Waals surface area contributed by atoms with Crippen LogP contribution in [0.1, 0.15) is 89.2 Å². The molecule has 0 bridgehead atoms. The summed E-state index contributed by atoms with van der Waals surface area (Å²) in [5.41, 5.74) is 2.39. The molecule has 3 nitrogen and oxygen atoms in total. The van der Waals surface area contributed by atoms with Crippen molar-refractivity contribution in [2.75, 3.05) is 0 Å². The summed E-state index contributed by atoms with van der Waals surface area (Å²) in [6.07, 6.45) is 14.1. The van der Waals surface area contributed by atoms with Crippen LogP contribution in [0.3, 0.4) is 0 Å². The van der Waals surface area contributed by atoms with Crippen molar-refractivity contribution in [1.82, 2.24) is 0 Å². The fourth-order valence-corrected chi connectivity index (χ4v) is 4.55. The van der Waals surface area contributed by atoms with Crippen molar-refractivity contribution < 1.29 is 64.4 Å². The Labute approximate surface area is 220 Å². The van der Waals surface area contributed by atoms with Crippen molar-refractivity contribution in [3.05, 3.63) is 41.5 Å². The minimum absolute atomic E-state index is 0. The molecule has 0 spiro atoms. The molecule has 0 aliphatic rings. The van der Waals surface area contributed by atoms with Crippen LogP contribution in [0.5, 0.6) is 0 Å². The first-order chi connectivity index (χ1) is 13.5. The zero-order chi connectivity index (χ0) is 20.4. The van der Waals surface area contributed by atoms with Gasteiger partial charge in [-0.05, 0) is 53.6 Å². The molecule has 0 aliphatic heterocycles. The Balaban J connectivity index is 0.00000420. The number of hydrogen-bond acceptors (Lipinski definition) is 3. The van der Waals surface area contributed by atoms with Crippen LogP contribution in [0.25, 0.3) is 10.8 Å². The molecule has 2 aromatic rings. The van der Waals surface area contributed by atoms with Gasteiger partial charge in [-0.15, -0.1) is 0 Å². The molecular formula is C24H35KO3S. The minimum Gasteiger partial charge on any atom is -0.744 e. The van der Waals surface area contributed by atoms with E-state index in [-0.39, 0.29) is 56.3 Å². The molecule has 2 aromatic carbocycles. The van der Waals surface area contributed by atoms with Gasteiger partial charge in [0, 0.05) is 0 Å². The van der Waals surface area contributed by atoms with E-state index < -0.39 is 10.1 Å². The fourth-order valence-electron chi connectivity index (χ4n) is 3.87. The molecular weight excluding hydrogens is 407 g/mol. The Bertz CT molecular complexity index is 847. The van der Waals surface area contributed by atoms with E-state index in [4.69, 9.17) is 0 Å². The summed E-state index contributed by atoms with van der Waals surface area (Å²) >= 11 is 0. The van der Waals surface area contributed by atoms with Gasteiger partial charge in [-0.25, -0.2) is 8.42 Å². The summed E-state index contributed by atoms with van der Waals surface area (Å²) in [4.78, 5) is -0.0910. The van der Waals surface area contributed by atoms with E-state index >= 15 is 0 Å². The maximum absolute atomic E-state index is 11.7. The predicted molar refractivity (Wildman–Crippen MR) is 117 cm³/mol. The topological polar surface area (TPSA) is 57.2 Å². The van der Waals surface area contributed by atoms with Crippen LogP contribution in [0.15, 0.2) is 35.2 Å². The van der Waals surface area contributed by atoms with Gasteiger partial charge in [-0.2, -0.15) is 0 Å². The zero-order valence-corrected chi connectivity index (χ0v) is 22.4. The molecule has 0 saturated carbocycles. The van der Waals surface area contributed by atoms with Crippen molar-refractivity contribution in [2.45, 2.75) is 95.8 Å². The number of unbranched alkanes of at least 4 members (excludes halogenated alkanes) is 8. The third-order valence-electron chi connectivity index (χ3n) is 5.52. The molecule has 0 amide bonds. The molecule has 0 heterocycles. The van der Waals surface area contributed by atoms with Crippen molar-refractivity contribution in [2.24, 2.45) is 0 Å². The minimum atomic E-state index is -4.47. The smallest absolute Gasteiger partial charge is 0.744 e. The van der Waals surface area contributed by atoms with Gasteiger partial charge in [0.15, 0.2) is 0 Å². The molecule has 5 heteroatoms. The fraction of sp³-hybridized carbons (Fsp3) is 0.583. The largest absolute Gasteiger partial charge is 1.00 e. The Hall–Kier alpha value is 0.246. The molecule has 156 valence electrons. The quantitative estimate of drug-likeness (QED) is 0.269. The molecule has 0 aromatic heterocycles. The first kappa shape index (κ1) is 27.3. The second kappa shape index (κ2) is 14.3. The van der Waals surface area contributed by atoms with Gasteiger partial charge in [0.1, 0.15) is 10.1 Å². The van der Waals surface area contributed by atoms with Gasteiger partial charge >= 0.3 is 51.4 Å². The molecule has 0 radical (unpaired) electrons. The van der Waals surface area contributed by atoms with E-state index in [1.54, 1.807) is 0 Å². The Morgan fingerprint density at radius 3 is 1.90 bits per heavy atom. The van der Waals surface area contributed by atoms with Gasteiger partial charge in [0.2, 0.25) is 0 Å². The first-order valence-electron chi connectivity index (χ1n) is 11.0. The molecule has 2 rings (SSSR count). The van der Waals surface area contributed by atoms with Crippen LogP contribution in [-0.4, -0.2) is 13.0 Å². The van der Waals surface area contributed by atoms with E-state index in [9.17, 15) is 13.0 Å². The van der Waals surface area contributed by atoms with Crippen molar-refractivity contribution in [1.29, 1.82) is 0 Å². The summed E-state index contributed by atoms with van der Waals surface area (Å²) in [6, 6.07) is 9.28. The summed E-state index contributed by atoms with van der Waals surface area (Å²) < 4.78 is 35.1. The normalized spacial score (nSPS) is 11.6. The molecule has 0 unspecified atom stereocenters. The molecule has 0 saturated heterocycles. The first-order valence-corrected chi connectivity index (χ1v) is 12.4. The summed E-state index contributed by atoms with van der Waals surface area (Å²) in [7, 11) is -4.47. The van der Waals surface area contributed by atoms with Gasteiger partial charge in [-0.3, -0.25) is 0 Å². The van der Waals surface area contributed by atoms with Gasteiger partial charge in [0.05, 0.1) is 4.90 Å². The van der Waals surface area contributed by atoms with Crippen LogP contribution >= 0.6 is 0 Å². The van der Waals surface area contributed by atoms with Crippen LogP contribution < -0.4 is 51.4 Å². The Kier molecular flexibility index (Phi) is 13.5. The van der Waals surface area contributed by atoms with Crippen molar-refractivity contribution in [3.8, 4) is 0 Å². The second-order valence-electron chi connectivity index (χ2n) is 7.89. The van der Waals surface area contributed by atoms with E-state index in [1.807, 2.05) is 18.2 Å². The predicted octanol–water partition coefficient (Wildman–Crippen LogP) is 3.77.